The zero-order valence-electron chi connectivity index (χ0n) is 12.1. The van der Waals surface area contributed by atoms with Gasteiger partial charge in [-0.25, -0.2) is 0 Å². The molecule has 0 aromatic heterocycles. The third kappa shape index (κ3) is 3.63. The number of carbonyl (C=O) groups excluding carboxylic acids is 1. The van der Waals surface area contributed by atoms with Crippen LogP contribution in [0.4, 0.5) is 0 Å². The van der Waals surface area contributed by atoms with Crippen LogP contribution in [0.5, 0.6) is 0 Å². The summed E-state index contributed by atoms with van der Waals surface area (Å²) in [6.07, 6.45) is 4.32. The molecule has 0 saturated carbocycles. The molecule has 108 valence electrons. The molecule has 1 aromatic rings. The molecule has 20 heavy (non-hydrogen) atoms. The molecule has 1 saturated heterocycles. The Morgan fingerprint density at radius 3 is 2.70 bits per heavy atom. The Morgan fingerprint density at radius 1 is 1.40 bits per heavy atom. The second-order valence-electron chi connectivity index (χ2n) is 5.49. The van der Waals surface area contributed by atoms with Crippen molar-refractivity contribution < 1.29 is 4.79 Å². The summed E-state index contributed by atoms with van der Waals surface area (Å²) in [4.78, 5) is 14.3. The zero-order chi connectivity index (χ0) is 14.5. The lowest BCUT2D eigenvalue weighted by Crippen LogP contribution is -2.38. The topological polar surface area (TPSA) is 20.3 Å². The molecule has 0 bridgehead atoms. The van der Waals surface area contributed by atoms with Gasteiger partial charge in [0.25, 0.3) is 5.91 Å². The predicted octanol–water partition coefficient (Wildman–Crippen LogP) is 4.55. The molecule has 2 nitrogen and oxygen atoms in total. The van der Waals surface area contributed by atoms with E-state index in [9.17, 15) is 4.79 Å². The van der Waals surface area contributed by atoms with Crippen molar-refractivity contribution in [2.75, 3.05) is 13.1 Å². The summed E-state index contributed by atoms with van der Waals surface area (Å²) in [5.41, 5.74) is 2.03. The van der Waals surface area contributed by atoms with Crippen LogP contribution >= 0.6 is 11.6 Å². The summed E-state index contributed by atoms with van der Waals surface area (Å²) >= 11 is 5.94. The predicted molar refractivity (Wildman–Crippen MR) is 84.1 cm³/mol. The van der Waals surface area contributed by atoms with Crippen molar-refractivity contribution in [2.24, 2.45) is 5.92 Å². The smallest absolute Gasteiger partial charge is 0.253 e. The fourth-order valence-electron chi connectivity index (χ4n) is 2.82. The number of piperidine rings is 1. The molecule has 3 heteroatoms. The van der Waals surface area contributed by atoms with E-state index in [0.29, 0.717) is 16.5 Å². The number of rotatable bonds is 4. The molecule has 1 fully saturated rings. The summed E-state index contributed by atoms with van der Waals surface area (Å²) in [6.45, 7) is 8.01. The Balaban J connectivity index is 1.93. The van der Waals surface area contributed by atoms with Crippen molar-refractivity contribution in [3.05, 3.63) is 47.0 Å². The van der Waals surface area contributed by atoms with Gasteiger partial charge < -0.3 is 4.90 Å². The summed E-state index contributed by atoms with van der Waals surface area (Å²) in [7, 11) is 0. The third-order valence-electron chi connectivity index (χ3n) is 4.00. The largest absolute Gasteiger partial charge is 0.339 e. The normalized spacial score (nSPS) is 16.2. The number of likely N-dealkylation sites (tertiary alicyclic amines) is 1. The lowest BCUT2D eigenvalue weighted by atomic mass is 9.87. The van der Waals surface area contributed by atoms with Crippen LogP contribution in [0.15, 0.2) is 36.4 Å². The van der Waals surface area contributed by atoms with Crippen LogP contribution in [0, 0.1) is 5.92 Å². The van der Waals surface area contributed by atoms with Gasteiger partial charge in [0.05, 0.1) is 0 Å². The quantitative estimate of drug-likeness (QED) is 0.745. The number of hydrogen-bond donors (Lipinski definition) is 0. The van der Waals surface area contributed by atoms with Crippen molar-refractivity contribution in [2.45, 2.75) is 32.6 Å². The van der Waals surface area contributed by atoms with Gasteiger partial charge in [0, 0.05) is 23.7 Å². The first kappa shape index (κ1) is 15.1. The van der Waals surface area contributed by atoms with E-state index in [1.807, 2.05) is 17.0 Å². The summed E-state index contributed by atoms with van der Waals surface area (Å²) in [5.74, 6) is 0.672. The van der Waals surface area contributed by atoms with E-state index in [0.717, 1.165) is 38.8 Å². The van der Waals surface area contributed by atoms with Crippen molar-refractivity contribution in [1.82, 2.24) is 4.90 Å². The van der Waals surface area contributed by atoms with Gasteiger partial charge in [-0.1, -0.05) is 43.2 Å². The molecule has 1 aliphatic rings. The van der Waals surface area contributed by atoms with Gasteiger partial charge in [-0.05, 0) is 43.4 Å². The van der Waals surface area contributed by atoms with Crippen LogP contribution in [-0.4, -0.2) is 23.9 Å². The molecule has 0 N–H and O–H groups in total. The van der Waals surface area contributed by atoms with E-state index >= 15 is 0 Å². The van der Waals surface area contributed by atoms with E-state index in [-0.39, 0.29) is 5.91 Å². The number of benzene rings is 1. The van der Waals surface area contributed by atoms with Gasteiger partial charge in [-0.2, -0.15) is 0 Å². The minimum absolute atomic E-state index is 0.0899. The van der Waals surface area contributed by atoms with Crippen molar-refractivity contribution in [3.8, 4) is 0 Å². The van der Waals surface area contributed by atoms with Crippen LogP contribution in [0.25, 0.3) is 0 Å². The molecule has 0 atom stereocenters. The van der Waals surface area contributed by atoms with Crippen molar-refractivity contribution in [1.29, 1.82) is 0 Å². The Morgan fingerprint density at radius 2 is 2.10 bits per heavy atom. The second-order valence-corrected chi connectivity index (χ2v) is 5.92. The number of halogens is 1. The molecule has 2 rings (SSSR count). The van der Waals surface area contributed by atoms with Crippen molar-refractivity contribution >= 4 is 17.5 Å². The Hall–Kier alpha value is -1.28. The molecule has 1 amide bonds. The maximum absolute atomic E-state index is 12.4. The number of carbonyl (C=O) groups is 1. The molecule has 0 unspecified atom stereocenters. The van der Waals surface area contributed by atoms with E-state index in [4.69, 9.17) is 11.6 Å². The second kappa shape index (κ2) is 6.94. The summed E-state index contributed by atoms with van der Waals surface area (Å²) in [6, 6.07) is 7.19. The molecule has 0 aliphatic carbocycles. The summed E-state index contributed by atoms with van der Waals surface area (Å²) < 4.78 is 0. The minimum Gasteiger partial charge on any atom is -0.339 e. The van der Waals surface area contributed by atoms with E-state index in [2.05, 4.69) is 13.5 Å². The number of hydrogen-bond acceptors (Lipinski definition) is 1. The number of amides is 1. The summed E-state index contributed by atoms with van der Waals surface area (Å²) in [5, 5.41) is 0.613. The minimum atomic E-state index is 0.0899. The standard InChI is InChI=1S/C17H22ClNO/c1-3-5-13(2)14-8-10-19(11-9-14)17(20)15-6-4-7-16(18)12-15/h4,6-7,12,14H,2-3,5,8-11H2,1H3. The lowest BCUT2D eigenvalue weighted by molar-refractivity contribution is 0.0701. The lowest BCUT2D eigenvalue weighted by Gasteiger charge is -2.33. The monoisotopic (exact) mass is 291 g/mol. The maximum atomic E-state index is 12.4. The highest BCUT2D eigenvalue weighted by Gasteiger charge is 2.24. The fraction of sp³-hybridized carbons (Fsp3) is 0.471. The first-order chi connectivity index (χ1) is 9.61. The molecule has 0 radical (unpaired) electrons. The first-order valence-corrected chi connectivity index (χ1v) is 7.72. The van der Waals surface area contributed by atoms with Crippen LogP contribution in [0.2, 0.25) is 5.02 Å². The average molecular weight is 292 g/mol. The average Bonchev–Trinajstić information content (AvgIpc) is 2.47. The van der Waals surface area contributed by atoms with E-state index < -0.39 is 0 Å². The Kier molecular flexibility index (Phi) is 5.24. The van der Waals surface area contributed by atoms with Crippen LogP contribution < -0.4 is 0 Å². The molecule has 1 aliphatic heterocycles. The van der Waals surface area contributed by atoms with E-state index in [1.165, 1.54) is 5.57 Å². The molecule has 1 heterocycles. The number of nitrogens with zero attached hydrogens (tertiary/aromatic N) is 1. The molecular weight excluding hydrogens is 270 g/mol. The van der Waals surface area contributed by atoms with E-state index in [1.54, 1.807) is 12.1 Å². The highest BCUT2D eigenvalue weighted by Crippen LogP contribution is 2.27. The van der Waals surface area contributed by atoms with Gasteiger partial charge in [0.15, 0.2) is 0 Å². The molecule has 1 aromatic carbocycles. The fourth-order valence-corrected chi connectivity index (χ4v) is 3.01. The highest BCUT2D eigenvalue weighted by molar-refractivity contribution is 6.30. The third-order valence-corrected chi connectivity index (χ3v) is 4.24. The van der Waals surface area contributed by atoms with Gasteiger partial charge in [-0.3, -0.25) is 4.79 Å². The van der Waals surface area contributed by atoms with Crippen LogP contribution in [0.3, 0.4) is 0 Å². The van der Waals surface area contributed by atoms with Gasteiger partial charge in [0.2, 0.25) is 0 Å². The Bertz CT molecular complexity index is 490. The molecular formula is C17H22ClNO. The van der Waals surface area contributed by atoms with Crippen LogP contribution in [-0.2, 0) is 0 Å². The highest BCUT2D eigenvalue weighted by atomic mass is 35.5. The van der Waals surface area contributed by atoms with Crippen molar-refractivity contribution in [3.63, 3.8) is 0 Å². The zero-order valence-corrected chi connectivity index (χ0v) is 12.8. The maximum Gasteiger partial charge on any atom is 0.253 e. The van der Waals surface area contributed by atoms with Gasteiger partial charge in [0.1, 0.15) is 0 Å². The first-order valence-electron chi connectivity index (χ1n) is 7.34. The molecule has 0 spiro atoms. The SMILES string of the molecule is C=C(CCC)C1CCN(C(=O)c2cccc(Cl)c2)CC1. The van der Waals surface area contributed by atoms with Gasteiger partial charge >= 0.3 is 0 Å². The van der Waals surface area contributed by atoms with Crippen LogP contribution in [0.1, 0.15) is 43.0 Å². The Labute approximate surface area is 126 Å². The van der Waals surface area contributed by atoms with Gasteiger partial charge in [-0.15, -0.1) is 0 Å². The number of allylic oxidation sites excluding steroid dienone is 1.